The molecular formula is C21H32N4O3. The normalized spacial score (nSPS) is 12.8. The minimum atomic E-state index is 0.159. The maximum Gasteiger partial charge on any atom is 0.191 e. The van der Waals surface area contributed by atoms with E-state index in [4.69, 9.17) is 13.9 Å². The third kappa shape index (κ3) is 6.90. The van der Waals surface area contributed by atoms with Crippen LogP contribution in [-0.4, -0.2) is 58.8 Å². The number of aliphatic imine (C=N–C) groups is 1. The van der Waals surface area contributed by atoms with Crippen LogP contribution in [0.2, 0.25) is 0 Å². The molecule has 0 amide bonds. The molecule has 2 aromatic rings. The highest BCUT2D eigenvalue weighted by molar-refractivity contribution is 5.79. The zero-order valence-electron chi connectivity index (χ0n) is 17.3. The Balaban J connectivity index is 1.74. The van der Waals surface area contributed by atoms with Gasteiger partial charge in [0.1, 0.15) is 18.1 Å². The lowest BCUT2D eigenvalue weighted by Gasteiger charge is -2.27. The predicted octanol–water partition coefficient (Wildman–Crippen LogP) is 2.66. The Labute approximate surface area is 167 Å². The van der Waals surface area contributed by atoms with Gasteiger partial charge in [-0.2, -0.15) is 0 Å². The molecular weight excluding hydrogens is 356 g/mol. The quantitative estimate of drug-likeness (QED) is 0.350. The summed E-state index contributed by atoms with van der Waals surface area (Å²) < 4.78 is 16.3. The Bertz CT molecular complexity index is 701. The van der Waals surface area contributed by atoms with Gasteiger partial charge in [0.25, 0.3) is 0 Å². The Morgan fingerprint density at radius 3 is 2.68 bits per heavy atom. The van der Waals surface area contributed by atoms with Crippen molar-refractivity contribution in [3.05, 3.63) is 54.0 Å². The van der Waals surface area contributed by atoms with Gasteiger partial charge in [-0.05, 0) is 38.7 Å². The molecule has 1 aromatic heterocycles. The molecule has 1 heterocycles. The van der Waals surface area contributed by atoms with Gasteiger partial charge < -0.3 is 29.4 Å². The van der Waals surface area contributed by atoms with Gasteiger partial charge in [-0.15, -0.1) is 0 Å². The lowest BCUT2D eigenvalue weighted by Crippen LogP contribution is -2.42. The molecule has 0 bridgehead atoms. The van der Waals surface area contributed by atoms with Crippen molar-refractivity contribution >= 4 is 5.96 Å². The van der Waals surface area contributed by atoms with Crippen molar-refractivity contribution in [2.45, 2.75) is 19.1 Å². The second-order valence-corrected chi connectivity index (χ2v) is 6.59. The van der Waals surface area contributed by atoms with E-state index in [0.717, 1.165) is 36.0 Å². The Kier molecular flexibility index (Phi) is 9.37. The molecule has 1 unspecified atom stereocenters. The lowest BCUT2D eigenvalue weighted by molar-refractivity contribution is 0.105. The van der Waals surface area contributed by atoms with Crippen molar-refractivity contribution in [3.8, 4) is 5.75 Å². The summed E-state index contributed by atoms with van der Waals surface area (Å²) in [5, 5.41) is 6.72. The van der Waals surface area contributed by atoms with Crippen molar-refractivity contribution in [3.63, 3.8) is 0 Å². The summed E-state index contributed by atoms with van der Waals surface area (Å²) in [4.78, 5) is 6.47. The van der Waals surface area contributed by atoms with Crippen molar-refractivity contribution in [1.29, 1.82) is 0 Å². The highest BCUT2D eigenvalue weighted by Gasteiger charge is 2.18. The molecule has 1 atom stereocenters. The van der Waals surface area contributed by atoms with Gasteiger partial charge in [0.2, 0.25) is 0 Å². The molecule has 0 fully saturated rings. The topological polar surface area (TPSA) is 71.3 Å². The number of para-hydroxylation sites is 1. The van der Waals surface area contributed by atoms with Crippen LogP contribution in [0.25, 0.3) is 0 Å². The largest absolute Gasteiger partial charge is 0.496 e. The number of rotatable bonds is 11. The van der Waals surface area contributed by atoms with Gasteiger partial charge in [0, 0.05) is 32.3 Å². The second kappa shape index (κ2) is 12.0. The zero-order valence-corrected chi connectivity index (χ0v) is 17.3. The smallest absolute Gasteiger partial charge is 0.191 e. The molecule has 1 aromatic carbocycles. The van der Waals surface area contributed by atoms with Gasteiger partial charge in [0.05, 0.1) is 19.4 Å². The fourth-order valence-corrected chi connectivity index (χ4v) is 2.87. The number of hydrogen-bond donors (Lipinski definition) is 2. The van der Waals surface area contributed by atoms with Gasteiger partial charge in [-0.3, -0.25) is 4.99 Å². The number of benzene rings is 1. The van der Waals surface area contributed by atoms with Gasteiger partial charge in [-0.1, -0.05) is 18.2 Å². The number of hydrogen-bond acceptors (Lipinski definition) is 5. The van der Waals surface area contributed by atoms with Crippen LogP contribution in [0.5, 0.6) is 5.75 Å². The van der Waals surface area contributed by atoms with Crippen LogP contribution in [0.1, 0.15) is 23.8 Å². The average molecular weight is 389 g/mol. The van der Waals surface area contributed by atoms with E-state index in [2.05, 4.69) is 40.7 Å². The van der Waals surface area contributed by atoms with E-state index in [0.29, 0.717) is 19.8 Å². The summed E-state index contributed by atoms with van der Waals surface area (Å²) in [6, 6.07) is 12.0. The minimum Gasteiger partial charge on any atom is -0.496 e. The summed E-state index contributed by atoms with van der Waals surface area (Å²) >= 11 is 0. The van der Waals surface area contributed by atoms with Crippen LogP contribution < -0.4 is 15.4 Å². The van der Waals surface area contributed by atoms with Crippen molar-refractivity contribution in [1.82, 2.24) is 15.5 Å². The zero-order chi connectivity index (χ0) is 20.2. The standard InChI is InChI=1S/C21H32N4O3/c1-22-21(23-12-8-13-27-16-17-9-7-14-28-17)24-15-19(25(2)3)18-10-5-6-11-20(18)26-4/h5-7,9-11,14,19H,8,12-13,15-16H2,1-4H3,(H2,22,23,24). The highest BCUT2D eigenvalue weighted by Crippen LogP contribution is 2.27. The van der Waals surface area contributed by atoms with E-state index in [-0.39, 0.29) is 6.04 Å². The molecule has 7 nitrogen and oxygen atoms in total. The first-order valence-corrected chi connectivity index (χ1v) is 9.49. The first-order valence-electron chi connectivity index (χ1n) is 9.49. The van der Waals surface area contributed by atoms with E-state index in [1.54, 1.807) is 20.4 Å². The maximum atomic E-state index is 5.59. The molecule has 0 radical (unpaired) electrons. The Morgan fingerprint density at radius 2 is 2.00 bits per heavy atom. The summed E-state index contributed by atoms with van der Waals surface area (Å²) in [6.07, 6.45) is 2.53. The maximum absolute atomic E-state index is 5.59. The van der Waals surface area contributed by atoms with Crippen LogP contribution in [0.15, 0.2) is 52.1 Å². The molecule has 154 valence electrons. The molecule has 0 saturated carbocycles. The number of nitrogens with one attached hydrogen (secondary N) is 2. The number of ether oxygens (including phenoxy) is 2. The highest BCUT2D eigenvalue weighted by atomic mass is 16.5. The third-order valence-corrected chi connectivity index (χ3v) is 4.39. The summed E-state index contributed by atoms with van der Waals surface area (Å²) in [5.41, 5.74) is 1.14. The van der Waals surface area contributed by atoms with E-state index in [1.165, 1.54) is 0 Å². The molecule has 0 aliphatic heterocycles. The number of nitrogens with zero attached hydrogens (tertiary/aromatic N) is 2. The molecule has 0 aliphatic rings. The first-order chi connectivity index (χ1) is 13.7. The third-order valence-electron chi connectivity index (χ3n) is 4.39. The summed E-state index contributed by atoms with van der Waals surface area (Å²) in [5.74, 6) is 2.50. The predicted molar refractivity (Wildman–Crippen MR) is 112 cm³/mol. The van der Waals surface area contributed by atoms with E-state index in [9.17, 15) is 0 Å². The van der Waals surface area contributed by atoms with Crippen LogP contribution in [0.4, 0.5) is 0 Å². The SMILES string of the molecule is CN=C(NCCCOCc1ccco1)NCC(c1ccccc1OC)N(C)C. The summed E-state index contributed by atoms with van der Waals surface area (Å²) in [7, 11) is 7.60. The van der Waals surface area contributed by atoms with Gasteiger partial charge in [-0.25, -0.2) is 0 Å². The minimum absolute atomic E-state index is 0.159. The Morgan fingerprint density at radius 1 is 1.18 bits per heavy atom. The fraction of sp³-hybridized carbons (Fsp3) is 0.476. The molecule has 2 N–H and O–H groups in total. The van der Waals surface area contributed by atoms with Crippen LogP contribution >= 0.6 is 0 Å². The van der Waals surface area contributed by atoms with E-state index in [1.807, 2.05) is 30.3 Å². The number of methoxy groups -OCH3 is 1. The van der Waals surface area contributed by atoms with Crippen molar-refractivity contribution in [2.24, 2.45) is 4.99 Å². The Hall–Kier alpha value is -2.51. The van der Waals surface area contributed by atoms with Crippen LogP contribution in [0, 0.1) is 0 Å². The molecule has 28 heavy (non-hydrogen) atoms. The van der Waals surface area contributed by atoms with Crippen molar-refractivity contribution < 1.29 is 13.9 Å². The van der Waals surface area contributed by atoms with E-state index < -0.39 is 0 Å². The number of likely N-dealkylation sites (N-methyl/N-ethyl adjacent to an activating group) is 1. The van der Waals surface area contributed by atoms with Crippen LogP contribution in [-0.2, 0) is 11.3 Å². The second-order valence-electron chi connectivity index (χ2n) is 6.59. The molecule has 0 aliphatic carbocycles. The number of furan rings is 1. The monoisotopic (exact) mass is 388 g/mol. The first kappa shape index (κ1) is 21.8. The van der Waals surface area contributed by atoms with Gasteiger partial charge >= 0.3 is 0 Å². The van der Waals surface area contributed by atoms with E-state index >= 15 is 0 Å². The van der Waals surface area contributed by atoms with Crippen molar-refractivity contribution in [2.75, 3.05) is 47.9 Å². The number of guanidine groups is 1. The molecule has 0 spiro atoms. The fourth-order valence-electron chi connectivity index (χ4n) is 2.87. The van der Waals surface area contributed by atoms with Crippen LogP contribution in [0.3, 0.4) is 0 Å². The molecule has 7 heteroatoms. The molecule has 2 rings (SSSR count). The lowest BCUT2D eigenvalue weighted by atomic mass is 10.0. The summed E-state index contributed by atoms with van der Waals surface area (Å²) in [6.45, 7) is 2.65. The average Bonchev–Trinajstić information content (AvgIpc) is 3.22. The van der Waals surface area contributed by atoms with Gasteiger partial charge in [0.15, 0.2) is 5.96 Å². The molecule has 0 saturated heterocycles.